The SMILES string of the molecule is O=C(N[C@@H](Cc1ccccc1)C(=O)N[C@@H](C/C=C/c1ccccc1)C(=O)O)OCc1ccccc1. The predicted octanol–water partition coefficient (Wildman–Crippen LogP) is 4.20. The molecule has 0 fully saturated rings. The summed E-state index contributed by atoms with van der Waals surface area (Å²) < 4.78 is 5.26. The Balaban J connectivity index is 1.64. The number of aliphatic carboxylic acids is 1. The molecule has 2 amide bonds. The number of benzene rings is 3. The highest BCUT2D eigenvalue weighted by Crippen LogP contribution is 2.08. The summed E-state index contributed by atoms with van der Waals surface area (Å²) in [7, 11) is 0. The van der Waals surface area contributed by atoms with Crippen molar-refractivity contribution in [1.82, 2.24) is 10.6 Å². The molecule has 0 radical (unpaired) electrons. The number of carbonyl (C=O) groups excluding carboxylic acids is 2. The van der Waals surface area contributed by atoms with Crippen LogP contribution >= 0.6 is 0 Å². The maximum Gasteiger partial charge on any atom is 0.408 e. The van der Waals surface area contributed by atoms with Crippen LogP contribution in [0, 0.1) is 0 Å². The molecule has 7 heteroatoms. The highest BCUT2D eigenvalue weighted by molar-refractivity contribution is 5.89. The topological polar surface area (TPSA) is 105 Å². The van der Waals surface area contributed by atoms with E-state index in [1.165, 1.54) is 0 Å². The lowest BCUT2D eigenvalue weighted by Gasteiger charge is -2.21. The number of carbonyl (C=O) groups is 3. The van der Waals surface area contributed by atoms with Crippen LogP contribution in [0.5, 0.6) is 0 Å². The quantitative estimate of drug-likeness (QED) is 0.388. The van der Waals surface area contributed by atoms with Gasteiger partial charge in [0.1, 0.15) is 18.7 Å². The van der Waals surface area contributed by atoms with Crippen LogP contribution in [0.4, 0.5) is 4.79 Å². The van der Waals surface area contributed by atoms with E-state index in [0.29, 0.717) is 0 Å². The van der Waals surface area contributed by atoms with Gasteiger partial charge < -0.3 is 20.5 Å². The molecule has 7 nitrogen and oxygen atoms in total. The average Bonchev–Trinajstić information content (AvgIpc) is 2.88. The van der Waals surface area contributed by atoms with Crippen molar-refractivity contribution in [1.29, 1.82) is 0 Å². The minimum atomic E-state index is -1.17. The van der Waals surface area contributed by atoms with Crippen LogP contribution in [0.15, 0.2) is 97.1 Å². The zero-order valence-electron chi connectivity index (χ0n) is 19.2. The van der Waals surface area contributed by atoms with Gasteiger partial charge in [-0.3, -0.25) is 4.79 Å². The molecule has 0 heterocycles. The van der Waals surface area contributed by atoms with Gasteiger partial charge in [-0.2, -0.15) is 0 Å². The molecule has 0 bridgehead atoms. The first kappa shape index (κ1) is 25.2. The van der Waals surface area contributed by atoms with Gasteiger partial charge in [-0.25, -0.2) is 9.59 Å². The molecule has 0 aromatic heterocycles. The van der Waals surface area contributed by atoms with Crippen LogP contribution < -0.4 is 10.6 Å². The molecule has 0 aliphatic carbocycles. The molecular formula is C28H28N2O5. The van der Waals surface area contributed by atoms with E-state index in [0.717, 1.165) is 16.7 Å². The van der Waals surface area contributed by atoms with Crippen molar-refractivity contribution in [3.8, 4) is 0 Å². The van der Waals surface area contributed by atoms with Crippen LogP contribution in [-0.2, 0) is 27.4 Å². The van der Waals surface area contributed by atoms with E-state index in [1.54, 1.807) is 12.2 Å². The number of ether oxygens (including phenoxy) is 1. The van der Waals surface area contributed by atoms with Gasteiger partial charge in [0, 0.05) is 6.42 Å². The van der Waals surface area contributed by atoms with Crippen LogP contribution in [0.2, 0.25) is 0 Å². The summed E-state index contributed by atoms with van der Waals surface area (Å²) in [6, 6.07) is 25.6. The second-order valence-corrected chi connectivity index (χ2v) is 7.90. The van der Waals surface area contributed by atoms with Gasteiger partial charge in [-0.05, 0) is 23.1 Å². The third-order valence-electron chi connectivity index (χ3n) is 5.20. The number of amides is 2. The normalized spacial score (nSPS) is 12.5. The standard InChI is InChI=1S/C28H28N2O5/c31-26(29-24(27(32)33)18-10-17-21-11-4-1-5-12-21)25(19-22-13-6-2-7-14-22)30-28(34)35-20-23-15-8-3-9-16-23/h1-17,24-25H,18-20H2,(H,29,31)(H,30,34)(H,32,33)/b17-10+/t24-,25-/m0/s1. The van der Waals surface area contributed by atoms with Crippen LogP contribution in [-0.4, -0.2) is 35.2 Å². The maximum atomic E-state index is 13.0. The Hall–Kier alpha value is -4.39. The molecule has 0 aliphatic heterocycles. The van der Waals surface area contributed by atoms with Crippen LogP contribution in [0.25, 0.3) is 6.08 Å². The summed E-state index contributed by atoms with van der Waals surface area (Å²) in [5.74, 6) is -1.77. The number of carboxylic acid groups (broad SMARTS) is 1. The van der Waals surface area contributed by atoms with Gasteiger partial charge in [0.25, 0.3) is 0 Å². The monoisotopic (exact) mass is 472 g/mol. The molecule has 35 heavy (non-hydrogen) atoms. The number of hydrogen-bond donors (Lipinski definition) is 3. The molecule has 2 atom stereocenters. The highest BCUT2D eigenvalue weighted by Gasteiger charge is 2.26. The van der Waals surface area contributed by atoms with Crippen molar-refractivity contribution >= 4 is 24.0 Å². The summed E-state index contributed by atoms with van der Waals surface area (Å²) in [4.78, 5) is 37.2. The molecule has 0 spiro atoms. The lowest BCUT2D eigenvalue weighted by Crippen LogP contribution is -2.52. The molecule has 0 aliphatic rings. The van der Waals surface area contributed by atoms with Crippen LogP contribution in [0.1, 0.15) is 23.1 Å². The van der Waals surface area contributed by atoms with Crippen molar-refractivity contribution in [2.45, 2.75) is 31.5 Å². The van der Waals surface area contributed by atoms with Crippen molar-refractivity contribution in [2.24, 2.45) is 0 Å². The Morgan fingerprint density at radius 3 is 1.94 bits per heavy atom. The fourth-order valence-corrected chi connectivity index (χ4v) is 3.36. The Morgan fingerprint density at radius 2 is 1.34 bits per heavy atom. The van der Waals surface area contributed by atoms with Gasteiger partial charge in [-0.1, -0.05) is 103 Å². The van der Waals surface area contributed by atoms with Crippen molar-refractivity contribution in [2.75, 3.05) is 0 Å². The number of nitrogens with one attached hydrogen (secondary N) is 2. The van der Waals surface area contributed by atoms with Gasteiger partial charge in [-0.15, -0.1) is 0 Å². The third-order valence-corrected chi connectivity index (χ3v) is 5.20. The molecule has 0 unspecified atom stereocenters. The van der Waals surface area contributed by atoms with Gasteiger partial charge in [0.15, 0.2) is 0 Å². The molecule has 3 rings (SSSR count). The summed E-state index contributed by atoms with van der Waals surface area (Å²) >= 11 is 0. The van der Waals surface area contributed by atoms with Crippen LogP contribution in [0.3, 0.4) is 0 Å². The zero-order valence-corrected chi connectivity index (χ0v) is 19.2. The van der Waals surface area contributed by atoms with E-state index in [9.17, 15) is 19.5 Å². The molecule has 3 aromatic carbocycles. The maximum absolute atomic E-state index is 13.0. The van der Waals surface area contributed by atoms with Crippen molar-refractivity contribution in [3.63, 3.8) is 0 Å². The van der Waals surface area contributed by atoms with E-state index in [1.807, 2.05) is 91.0 Å². The smallest absolute Gasteiger partial charge is 0.408 e. The summed E-state index contributed by atoms with van der Waals surface area (Å²) in [6.45, 7) is 0.0500. The lowest BCUT2D eigenvalue weighted by molar-refractivity contribution is -0.142. The molecule has 3 N–H and O–H groups in total. The second-order valence-electron chi connectivity index (χ2n) is 7.90. The largest absolute Gasteiger partial charge is 0.480 e. The van der Waals surface area contributed by atoms with Gasteiger partial charge in [0.05, 0.1) is 0 Å². The Kier molecular flexibility index (Phi) is 9.63. The fourth-order valence-electron chi connectivity index (χ4n) is 3.36. The average molecular weight is 473 g/mol. The van der Waals surface area contributed by atoms with Gasteiger partial charge in [0.2, 0.25) is 5.91 Å². The number of rotatable bonds is 11. The highest BCUT2D eigenvalue weighted by atomic mass is 16.5. The van der Waals surface area contributed by atoms with E-state index in [4.69, 9.17) is 4.74 Å². The fraction of sp³-hybridized carbons (Fsp3) is 0.179. The summed E-state index contributed by atoms with van der Waals surface area (Å²) in [5, 5.41) is 14.7. The first-order valence-electron chi connectivity index (χ1n) is 11.3. The summed E-state index contributed by atoms with van der Waals surface area (Å²) in [5.41, 5.74) is 2.54. The first-order valence-corrected chi connectivity index (χ1v) is 11.3. The Morgan fingerprint density at radius 1 is 0.771 bits per heavy atom. The molecule has 180 valence electrons. The third kappa shape index (κ3) is 8.81. The lowest BCUT2D eigenvalue weighted by atomic mass is 10.0. The van der Waals surface area contributed by atoms with Crippen molar-refractivity contribution < 1.29 is 24.2 Å². The minimum absolute atomic E-state index is 0.0500. The van der Waals surface area contributed by atoms with Gasteiger partial charge >= 0.3 is 12.1 Å². The van der Waals surface area contributed by atoms with E-state index in [-0.39, 0.29) is 19.4 Å². The van der Waals surface area contributed by atoms with E-state index < -0.39 is 30.1 Å². The van der Waals surface area contributed by atoms with Crippen molar-refractivity contribution in [3.05, 3.63) is 114 Å². The molecule has 3 aromatic rings. The number of hydrogen-bond acceptors (Lipinski definition) is 4. The molecular weight excluding hydrogens is 444 g/mol. The Bertz CT molecular complexity index is 1120. The van der Waals surface area contributed by atoms with E-state index in [2.05, 4.69) is 10.6 Å². The summed E-state index contributed by atoms with van der Waals surface area (Å²) in [6.07, 6.45) is 3.00. The Labute approximate surface area is 204 Å². The zero-order chi connectivity index (χ0) is 24.9. The minimum Gasteiger partial charge on any atom is -0.480 e. The number of alkyl carbamates (subject to hydrolysis) is 1. The second kappa shape index (κ2) is 13.3. The molecule has 0 saturated heterocycles. The number of carboxylic acids is 1. The first-order chi connectivity index (χ1) is 17.0. The predicted molar refractivity (Wildman–Crippen MR) is 133 cm³/mol. The molecule has 0 saturated carbocycles. The van der Waals surface area contributed by atoms with E-state index >= 15 is 0 Å².